The molecular formula is C27H29NO5. The van der Waals surface area contributed by atoms with Gasteiger partial charge in [-0.15, -0.1) is 0 Å². The molecule has 0 radical (unpaired) electrons. The van der Waals surface area contributed by atoms with Gasteiger partial charge < -0.3 is 18.9 Å². The van der Waals surface area contributed by atoms with Crippen molar-refractivity contribution in [2.45, 2.75) is 46.0 Å². The predicted molar refractivity (Wildman–Crippen MR) is 129 cm³/mol. The first kappa shape index (κ1) is 22.6. The maximum atomic E-state index is 12.7. The molecular weight excluding hydrogens is 418 g/mol. The Morgan fingerprint density at radius 2 is 1.79 bits per heavy atom. The fourth-order valence-corrected chi connectivity index (χ4v) is 4.06. The van der Waals surface area contributed by atoms with Crippen molar-refractivity contribution >= 4 is 27.8 Å². The molecule has 0 spiro atoms. The summed E-state index contributed by atoms with van der Waals surface area (Å²) >= 11 is 0. The third-order valence-electron chi connectivity index (χ3n) is 6.02. The second-order valence-corrected chi connectivity index (χ2v) is 9.36. The number of fused-ring (bicyclic) bond motifs is 2. The Kier molecular flexibility index (Phi) is 6.02. The van der Waals surface area contributed by atoms with E-state index in [9.17, 15) is 9.59 Å². The SMILES string of the molecule is COc1ccc(CCNC(=O)Cc2c(C)c3cc4c(C(C)(C)C)coc4cc3oc2=O)cc1. The molecule has 0 saturated carbocycles. The molecule has 0 bridgehead atoms. The topological polar surface area (TPSA) is 81.7 Å². The smallest absolute Gasteiger partial charge is 0.340 e. The van der Waals surface area contributed by atoms with Crippen molar-refractivity contribution in [1.29, 1.82) is 0 Å². The van der Waals surface area contributed by atoms with Crippen LogP contribution in [0.15, 0.2) is 56.3 Å². The van der Waals surface area contributed by atoms with E-state index in [1.54, 1.807) is 19.4 Å². The molecule has 6 nitrogen and oxygen atoms in total. The second-order valence-electron chi connectivity index (χ2n) is 9.36. The number of carbonyl (C=O) groups excluding carboxylic acids is 1. The molecule has 0 aliphatic carbocycles. The molecule has 0 unspecified atom stereocenters. The van der Waals surface area contributed by atoms with Gasteiger partial charge in [0.2, 0.25) is 5.91 Å². The van der Waals surface area contributed by atoms with E-state index in [1.165, 1.54) is 0 Å². The summed E-state index contributed by atoms with van der Waals surface area (Å²) in [6.45, 7) is 8.72. The summed E-state index contributed by atoms with van der Waals surface area (Å²) in [4.78, 5) is 25.2. The number of benzene rings is 2. The first-order valence-corrected chi connectivity index (χ1v) is 11.0. The van der Waals surface area contributed by atoms with Crippen LogP contribution in [0.5, 0.6) is 5.75 Å². The van der Waals surface area contributed by atoms with Crippen molar-refractivity contribution in [2.75, 3.05) is 13.7 Å². The Morgan fingerprint density at radius 1 is 1.06 bits per heavy atom. The molecule has 0 saturated heterocycles. The van der Waals surface area contributed by atoms with E-state index in [-0.39, 0.29) is 17.7 Å². The highest BCUT2D eigenvalue weighted by atomic mass is 16.5. The molecule has 0 atom stereocenters. The standard InChI is InChI=1S/C27H29NO5/c1-16-19-12-21-22(27(2,3)4)15-32-23(21)14-24(19)33-26(30)20(16)13-25(29)28-11-10-17-6-8-18(31-5)9-7-17/h6-9,12,14-15H,10-11,13H2,1-5H3,(H,28,29). The first-order valence-electron chi connectivity index (χ1n) is 11.0. The number of hydrogen-bond acceptors (Lipinski definition) is 5. The zero-order chi connectivity index (χ0) is 23.8. The lowest BCUT2D eigenvalue weighted by atomic mass is 9.86. The van der Waals surface area contributed by atoms with Crippen LogP contribution in [0.2, 0.25) is 0 Å². The van der Waals surface area contributed by atoms with Crippen molar-refractivity contribution in [1.82, 2.24) is 5.32 Å². The fraction of sp³-hybridized carbons (Fsp3) is 0.333. The Morgan fingerprint density at radius 3 is 2.45 bits per heavy atom. The Labute approximate surface area is 192 Å². The van der Waals surface area contributed by atoms with Gasteiger partial charge in [-0.25, -0.2) is 4.79 Å². The van der Waals surface area contributed by atoms with Crippen molar-refractivity contribution < 1.29 is 18.4 Å². The lowest BCUT2D eigenvalue weighted by Crippen LogP contribution is -2.29. The molecule has 2 heterocycles. The summed E-state index contributed by atoms with van der Waals surface area (Å²) in [7, 11) is 1.63. The van der Waals surface area contributed by atoms with Crippen LogP contribution in [-0.2, 0) is 23.1 Å². The number of furan rings is 1. The van der Waals surface area contributed by atoms with Crippen molar-refractivity contribution in [3.05, 3.63) is 75.3 Å². The number of methoxy groups -OCH3 is 1. The van der Waals surface area contributed by atoms with Crippen LogP contribution in [0.3, 0.4) is 0 Å². The van der Waals surface area contributed by atoms with Crippen LogP contribution in [0.25, 0.3) is 21.9 Å². The van der Waals surface area contributed by atoms with Gasteiger partial charge in [-0.2, -0.15) is 0 Å². The molecule has 1 N–H and O–H groups in total. The minimum atomic E-state index is -0.493. The van der Waals surface area contributed by atoms with Crippen LogP contribution in [0, 0.1) is 6.92 Å². The first-order chi connectivity index (χ1) is 15.7. The minimum absolute atomic E-state index is 0.0255. The third kappa shape index (κ3) is 4.65. The number of hydrogen-bond donors (Lipinski definition) is 1. The molecule has 33 heavy (non-hydrogen) atoms. The van der Waals surface area contributed by atoms with Gasteiger partial charge in [-0.05, 0) is 48.1 Å². The number of carbonyl (C=O) groups is 1. The highest BCUT2D eigenvalue weighted by molar-refractivity contribution is 5.97. The van der Waals surface area contributed by atoms with E-state index >= 15 is 0 Å². The van der Waals surface area contributed by atoms with Gasteiger partial charge in [0, 0.05) is 28.9 Å². The molecule has 0 fully saturated rings. The minimum Gasteiger partial charge on any atom is -0.497 e. The summed E-state index contributed by atoms with van der Waals surface area (Å²) in [6.07, 6.45) is 2.42. The molecule has 4 rings (SSSR count). The zero-order valence-corrected chi connectivity index (χ0v) is 19.7. The number of ether oxygens (including phenoxy) is 1. The molecule has 2 aromatic heterocycles. The fourth-order valence-electron chi connectivity index (χ4n) is 4.06. The van der Waals surface area contributed by atoms with Crippen molar-refractivity contribution in [3.8, 4) is 5.75 Å². The van der Waals surface area contributed by atoms with E-state index in [2.05, 4.69) is 26.1 Å². The Hall–Kier alpha value is -3.54. The third-order valence-corrected chi connectivity index (χ3v) is 6.02. The Balaban J connectivity index is 1.54. The molecule has 1 amide bonds. The highest BCUT2D eigenvalue weighted by Gasteiger charge is 2.22. The summed E-state index contributed by atoms with van der Waals surface area (Å²) in [5.41, 5.74) is 3.88. The van der Waals surface area contributed by atoms with Crippen LogP contribution < -0.4 is 15.7 Å². The van der Waals surface area contributed by atoms with Crippen LogP contribution in [0.4, 0.5) is 0 Å². The highest BCUT2D eigenvalue weighted by Crippen LogP contribution is 2.35. The second kappa shape index (κ2) is 8.77. The van der Waals surface area contributed by atoms with E-state index in [0.717, 1.165) is 33.2 Å². The van der Waals surface area contributed by atoms with Crippen LogP contribution in [0.1, 0.15) is 43.0 Å². The number of rotatable bonds is 6. The van der Waals surface area contributed by atoms with Gasteiger partial charge in [0.1, 0.15) is 16.9 Å². The average Bonchev–Trinajstić information content (AvgIpc) is 3.19. The van der Waals surface area contributed by atoms with E-state index in [0.29, 0.717) is 29.7 Å². The van der Waals surface area contributed by atoms with Crippen LogP contribution in [-0.4, -0.2) is 19.6 Å². The summed E-state index contributed by atoms with van der Waals surface area (Å²) in [5, 5.41) is 4.70. The van der Waals surface area contributed by atoms with Gasteiger partial charge in [0.05, 0.1) is 25.4 Å². The predicted octanol–water partition coefficient (Wildman–Crippen LogP) is 5.06. The summed E-state index contributed by atoms with van der Waals surface area (Å²) < 4.78 is 16.4. The molecule has 2 aromatic carbocycles. The van der Waals surface area contributed by atoms with Gasteiger partial charge in [-0.1, -0.05) is 32.9 Å². The average molecular weight is 448 g/mol. The molecule has 6 heteroatoms. The van der Waals surface area contributed by atoms with Gasteiger partial charge in [0.15, 0.2) is 0 Å². The molecule has 0 aliphatic heterocycles. The normalized spacial score (nSPS) is 11.8. The maximum absolute atomic E-state index is 12.7. The lowest BCUT2D eigenvalue weighted by Gasteiger charge is -2.16. The Bertz CT molecular complexity index is 1370. The maximum Gasteiger partial charge on any atom is 0.340 e. The van der Waals surface area contributed by atoms with Gasteiger partial charge in [-0.3, -0.25) is 4.79 Å². The largest absolute Gasteiger partial charge is 0.497 e. The quantitative estimate of drug-likeness (QED) is 0.418. The molecule has 0 aliphatic rings. The summed E-state index contributed by atoms with van der Waals surface area (Å²) in [6, 6.07) is 11.5. The van der Waals surface area contributed by atoms with Crippen molar-refractivity contribution in [2.24, 2.45) is 0 Å². The monoisotopic (exact) mass is 447 g/mol. The summed E-state index contributed by atoms with van der Waals surface area (Å²) in [5.74, 6) is 0.585. The van der Waals surface area contributed by atoms with Gasteiger partial charge >= 0.3 is 5.63 Å². The van der Waals surface area contributed by atoms with Crippen molar-refractivity contribution in [3.63, 3.8) is 0 Å². The zero-order valence-electron chi connectivity index (χ0n) is 19.7. The van der Waals surface area contributed by atoms with Crippen LogP contribution >= 0.6 is 0 Å². The number of nitrogens with one attached hydrogen (secondary N) is 1. The number of aryl methyl sites for hydroxylation is 1. The number of amides is 1. The molecule has 4 aromatic rings. The van der Waals surface area contributed by atoms with E-state index in [1.807, 2.05) is 37.3 Å². The molecule has 172 valence electrons. The van der Waals surface area contributed by atoms with E-state index < -0.39 is 5.63 Å². The van der Waals surface area contributed by atoms with Gasteiger partial charge in [0.25, 0.3) is 0 Å². The van der Waals surface area contributed by atoms with E-state index in [4.69, 9.17) is 13.6 Å². The lowest BCUT2D eigenvalue weighted by molar-refractivity contribution is -0.120.